The molecule has 0 spiro atoms. The maximum Gasteiger partial charge on any atom is 0.224 e. The van der Waals surface area contributed by atoms with Crippen LogP contribution >= 0.6 is 0 Å². The normalized spacial score (nSPS) is 22.7. The number of nitrogens with two attached hydrogens (primary N) is 1. The number of hydrogen-bond acceptors (Lipinski definition) is 2. The summed E-state index contributed by atoms with van der Waals surface area (Å²) in [5.74, 6) is 1.73. The van der Waals surface area contributed by atoms with Crippen LogP contribution in [-0.4, -0.2) is 29.4 Å². The van der Waals surface area contributed by atoms with Gasteiger partial charge in [0, 0.05) is 25.0 Å². The van der Waals surface area contributed by atoms with Crippen LogP contribution in [0, 0.1) is 11.8 Å². The summed E-state index contributed by atoms with van der Waals surface area (Å²) in [5.41, 5.74) is 5.52. The number of likely N-dealkylation sites (tertiary alicyclic amines) is 1. The first kappa shape index (κ1) is 14.5. The highest BCUT2D eigenvalue weighted by Gasteiger charge is 2.25. The Morgan fingerprint density at radius 1 is 1.35 bits per heavy atom. The Labute approximate surface area is 106 Å². The van der Waals surface area contributed by atoms with Gasteiger partial charge in [0.25, 0.3) is 0 Å². The first-order valence-electron chi connectivity index (χ1n) is 6.86. The van der Waals surface area contributed by atoms with Crippen molar-refractivity contribution in [3.8, 4) is 0 Å². The Hall–Kier alpha value is -0.570. The monoisotopic (exact) mass is 240 g/mol. The van der Waals surface area contributed by atoms with Crippen LogP contribution < -0.4 is 5.73 Å². The molecule has 0 aromatic carbocycles. The van der Waals surface area contributed by atoms with Gasteiger partial charge < -0.3 is 10.6 Å². The van der Waals surface area contributed by atoms with Crippen molar-refractivity contribution in [1.82, 2.24) is 4.90 Å². The molecule has 17 heavy (non-hydrogen) atoms. The maximum atomic E-state index is 12.1. The van der Waals surface area contributed by atoms with Crippen molar-refractivity contribution in [3.63, 3.8) is 0 Å². The third-order valence-corrected chi connectivity index (χ3v) is 3.68. The minimum atomic E-state index is -0.388. The molecule has 0 saturated carbocycles. The predicted molar refractivity (Wildman–Crippen MR) is 71.6 cm³/mol. The molecule has 0 aromatic heterocycles. The van der Waals surface area contributed by atoms with Crippen molar-refractivity contribution in [2.24, 2.45) is 17.6 Å². The van der Waals surface area contributed by atoms with Gasteiger partial charge in [0.2, 0.25) is 5.91 Å². The van der Waals surface area contributed by atoms with Gasteiger partial charge in [0.1, 0.15) is 0 Å². The average Bonchev–Trinajstić information content (AvgIpc) is 2.39. The van der Waals surface area contributed by atoms with Gasteiger partial charge in [0.15, 0.2) is 0 Å². The van der Waals surface area contributed by atoms with Crippen LogP contribution in [0.3, 0.4) is 0 Å². The summed E-state index contributed by atoms with van der Waals surface area (Å²) in [6, 6.07) is 0. The fourth-order valence-corrected chi connectivity index (χ4v) is 2.54. The van der Waals surface area contributed by atoms with Gasteiger partial charge >= 0.3 is 0 Å². The average molecular weight is 240 g/mol. The topological polar surface area (TPSA) is 46.3 Å². The SMILES string of the molecule is CC(C)C1CCCN(C(=O)CC(C)(C)N)CC1. The van der Waals surface area contributed by atoms with Crippen molar-refractivity contribution in [1.29, 1.82) is 0 Å². The molecule has 1 aliphatic rings. The Morgan fingerprint density at radius 3 is 2.53 bits per heavy atom. The largest absolute Gasteiger partial charge is 0.343 e. The molecule has 0 radical (unpaired) electrons. The summed E-state index contributed by atoms with van der Waals surface area (Å²) in [5, 5.41) is 0. The van der Waals surface area contributed by atoms with Crippen molar-refractivity contribution < 1.29 is 4.79 Å². The minimum absolute atomic E-state index is 0.224. The van der Waals surface area contributed by atoms with E-state index in [-0.39, 0.29) is 11.4 Å². The van der Waals surface area contributed by atoms with E-state index in [9.17, 15) is 4.79 Å². The smallest absolute Gasteiger partial charge is 0.224 e. The van der Waals surface area contributed by atoms with Crippen LogP contribution in [0.1, 0.15) is 53.4 Å². The summed E-state index contributed by atoms with van der Waals surface area (Å²) in [7, 11) is 0. The van der Waals surface area contributed by atoms with Crippen LogP contribution in [0.2, 0.25) is 0 Å². The molecule has 1 fully saturated rings. The lowest BCUT2D eigenvalue weighted by Gasteiger charge is -2.25. The van der Waals surface area contributed by atoms with Gasteiger partial charge in [-0.2, -0.15) is 0 Å². The van der Waals surface area contributed by atoms with Crippen molar-refractivity contribution in [2.45, 2.75) is 58.9 Å². The number of carbonyl (C=O) groups excluding carboxylic acids is 1. The molecule has 1 unspecified atom stereocenters. The lowest BCUT2D eigenvalue weighted by atomic mass is 9.89. The molecule has 3 heteroatoms. The highest BCUT2D eigenvalue weighted by atomic mass is 16.2. The lowest BCUT2D eigenvalue weighted by molar-refractivity contribution is -0.132. The second-order valence-electron chi connectivity index (χ2n) is 6.48. The number of carbonyl (C=O) groups is 1. The minimum Gasteiger partial charge on any atom is -0.343 e. The molecule has 1 saturated heterocycles. The zero-order valence-electron chi connectivity index (χ0n) is 11.8. The number of hydrogen-bond donors (Lipinski definition) is 1. The standard InChI is InChI=1S/C14H28N2O/c1-11(2)12-6-5-8-16(9-7-12)13(17)10-14(3,4)15/h11-12H,5-10,15H2,1-4H3. The molecule has 2 N–H and O–H groups in total. The molecule has 3 nitrogen and oxygen atoms in total. The summed E-state index contributed by atoms with van der Waals surface area (Å²) in [4.78, 5) is 14.1. The van der Waals surface area contributed by atoms with E-state index >= 15 is 0 Å². The van der Waals surface area contributed by atoms with E-state index in [0.717, 1.165) is 37.8 Å². The first-order valence-corrected chi connectivity index (χ1v) is 6.86. The van der Waals surface area contributed by atoms with Crippen LogP contribution in [0.4, 0.5) is 0 Å². The van der Waals surface area contributed by atoms with Crippen molar-refractivity contribution in [3.05, 3.63) is 0 Å². The molecule has 0 aromatic rings. The van der Waals surface area contributed by atoms with E-state index in [2.05, 4.69) is 13.8 Å². The third-order valence-electron chi connectivity index (χ3n) is 3.68. The predicted octanol–water partition coefficient (Wildman–Crippen LogP) is 2.40. The van der Waals surface area contributed by atoms with Crippen LogP contribution in [0.15, 0.2) is 0 Å². The van der Waals surface area contributed by atoms with Gasteiger partial charge in [-0.3, -0.25) is 4.79 Å². The van der Waals surface area contributed by atoms with Crippen LogP contribution in [0.5, 0.6) is 0 Å². The summed E-state index contributed by atoms with van der Waals surface area (Å²) in [6.07, 6.45) is 4.00. The fraction of sp³-hybridized carbons (Fsp3) is 0.929. The van der Waals surface area contributed by atoms with Crippen LogP contribution in [-0.2, 0) is 4.79 Å². The molecular weight excluding hydrogens is 212 g/mol. The molecule has 0 aliphatic carbocycles. The molecule has 1 atom stereocenters. The van der Waals surface area contributed by atoms with E-state index in [1.807, 2.05) is 18.7 Å². The third kappa shape index (κ3) is 5.07. The summed E-state index contributed by atoms with van der Waals surface area (Å²) in [6.45, 7) is 10.2. The molecule has 1 rings (SSSR count). The number of nitrogens with zero attached hydrogens (tertiary/aromatic N) is 1. The van der Waals surface area contributed by atoms with Gasteiger partial charge in [0.05, 0.1) is 0 Å². The van der Waals surface area contributed by atoms with E-state index in [0.29, 0.717) is 6.42 Å². The number of amides is 1. The van der Waals surface area contributed by atoms with E-state index < -0.39 is 0 Å². The van der Waals surface area contributed by atoms with Gasteiger partial charge in [-0.05, 0) is 44.9 Å². The highest BCUT2D eigenvalue weighted by molar-refractivity contribution is 5.77. The van der Waals surface area contributed by atoms with Crippen molar-refractivity contribution in [2.75, 3.05) is 13.1 Å². The first-order chi connectivity index (χ1) is 7.79. The molecule has 1 aliphatic heterocycles. The maximum absolute atomic E-state index is 12.1. The second-order valence-corrected chi connectivity index (χ2v) is 6.48. The molecule has 100 valence electrons. The molecular formula is C14H28N2O. The number of rotatable bonds is 3. The molecule has 1 heterocycles. The van der Waals surface area contributed by atoms with Gasteiger partial charge in [-0.1, -0.05) is 13.8 Å². The quantitative estimate of drug-likeness (QED) is 0.823. The Bertz CT molecular complexity index is 255. The highest BCUT2D eigenvalue weighted by Crippen LogP contribution is 2.25. The Morgan fingerprint density at radius 2 is 2.00 bits per heavy atom. The van der Waals surface area contributed by atoms with Crippen LogP contribution in [0.25, 0.3) is 0 Å². The summed E-state index contributed by atoms with van der Waals surface area (Å²) >= 11 is 0. The summed E-state index contributed by atoms with van der Waals surface area (Å²) < 4.78 is 0. The Balaban J connectivity index is 2.48. The van der Waals surface area contributed by atoms with Crippen molar-refractivity contribution >= 4 is 5.91 Å². The van der Waals surface area contributed by atoms with Gasteiger partial charge in [-0.15, -0.1) is 0 Å². The lowest BCUT2D eigenvalue weighted by Crippen LogP contribution is -2.41. The van der Waals surface area contributed by atoms with E-state index in [1.54, 1.807) is 0 Å². The fourth-order valence-electron chi connectivity index (χ4n) is 2.54. The van der Waals surface area contributed by atoms with Gasteiger partial charge in [-0.25, -0.2) is 0 Å². The zero-order chi connectivity index (χ0) is 13.1. The second kappa shape index (κ2) is 5.85. The zero-order valence-corrected chi connectivity index (χ0v) is 11.8. The molecule has 1 amide bonds. The van der Waals surface area contributed by atoms with E-state index in [4.69, 9.17) is 5.73 Å². The van der Waals surface area contributed by atoms with E-state index in [1.165, 1.54) is 6.42 Å². The molecule has 0 bridgehead atoms. The Kier molecular flexibility index (Phi) is 4.99.